The van der Waals surface area contributed by atoms with Gasteiger partial charge < -0.3 is 4.57 Å². The molecule has 5 aromatic rings. The van der Waals surface area contributed by atoms with Gasteiger partial charge in [0.15, 0.2) is 0 Å². The lowest BCUT2D eigenvalue weighted by Gasteiger charge is -2.48. The van der Waals surface area contributed by atoms with Gasteiger partial charge in [-0.1, -0.05) is 12.1 Å². The number of halogens is 3. The first-order chi connectivity index (χ1) is 20.1. The molecule has 0 amide bonds. The minimum Gasteiger partial charge on any atom is -0.320 e. The van der Waals surface area contributed by atoms with Crippen molar-refractivity contribution in [3.63, 3.8) is 0 Å². The summed E-state index contributed by atoms with van der Waals surface area (Å²) in [4.78, 5) is 21.3. The van der Waals surface area contributed by atoms with Gasteiger partial charge in [0.25, 0.3) is 0 Å². The molecule has 216 valence electrons. The summed E-state index contributed by atoms with van der Waals surface area (Å²) in [5.41, 5.74) is 3.36. The van der Waals surface area contributed by atoms with Crippen molar-refractivity contribution in [1.82, 2.24) is 33.6 Å². The number of nitrogens with zero attached hydrogens (tertiary/aromatic N) is 7. The maximum atomic E-state index is 14.4. The highest BCUT2D eigenvalue weighted by molar-refractivity contribution is 7.09. The van der Waals surface area contributed by atoms with Gasteiger partial charge in [0, 0.05) is 50.4 Å². The van der Waals surface area contributed by atoms with Crippen molar-refractivity contribution in [1.29, 1.82) is 0 Å². The molecule has 0 radical (unpaired) electrons. The maximum absolute atomic E-state index is 14.4. The van der Waals surface area contributed by atoms with Crippen LogP contribution in [0, 0.1) is 5.41 Å². The third-order valence-corrected chi connectivity index (χ3v) is 10.3. The van der Waals surface area contributed by atoms with Crippen LogP contribution in [0.15, 0.2) is 59.4 Å². The summed E-state index contributed by atoms with van der Waals surface area (Å²) in [6.07, 6.45) is 5.00. The van der Waals surface area contributed by atoms with Crippen LogP contribution in [0.1, 0.15) is 58.8 Å². The molecule has 0 saturated heterocycles. The van der Waals surface area contributed by atoms with Crippen molar-refractivity contribution in [2.75, 3.05) is 6.54 Å². The second-order valence-electron chi connectivity index (χ2n) is 12.2. The zero-order chi connectivity index (χ0) is 28.9. The Morgan fingerprint density at radius 2 is 1.95 bits per heavy atom. The molecule has 0 unspecified atom stereocenters. The molecule has 2 aliphatic carbocycles. The molecular formula is C30H28F3N7OS. The normalized spacial score (nSPS) is 19.2. The smallest absolute Gasteiger partial charge is 0.320 e. The number of aromatic nitrogens is 6. The second kappa shape index (κ2) is 8.87. The highest BCUT2D eigenvalue weighted by atomic mass is 32.1. The lowest BCUT2D eigenvalue weighted by Crippen LogP contribution is -2.45. The summed E-state index contributed by atoms with van der Waals surface area (Å²) in [5, 5.41) is 8.57. The average molecular weight is 592 g/mol. The average Bonchev–Trinajstić information content (AvgIpc) is 3.23. The Morgan fingerprint density at radius 1 is 1.12 bits per heavy atom. The van der Waals surface area contributed by atoms with E-state index in [1.165, 1.54) is 29.7 Å². The number of alkyl halides is 3. The summed E-state index contributed by atoms with van der Waals surface area (Å²) in [6, 6.07) is 8.79. The van der Waals surface area contributed by atoms with Crippen molar-refractivity contribution in [2.45, 2.75) is 56.8 Å². The minimum absolute atomic E-state index is 0.159. The fourth-order valence-corrected chi connectivity index (χ4v) is 8.08. The van der Waals surface area contributed by atoms with Crippen LogP contribution in [-0.2, 0) is 38.1 Å². The van der Waals surface area contributed by atoms with Gasteiger partial charge in [-0.05, 0) is 60.4 Å². The van der Waals surface area contributed by atoms with E-state index >= 15 is 0 Å². The monoisotopic (exact) mass is 591 g/mol. The van der Waals surface area contributed by atoms with Crippen LogP contribution in [-0.4, -0.2) is 40.2 Å². The molecule has 5 heterocycles. The van der Waals surface area contributed by atoms with Crippen molar-refractivity contribution in [3.05, 3.63) is 98.1 Å². The zero-order valence-corrected chi connectivity index (χ0v) is 23.8. The third kappa shape index (κ3) is 3.98. The topological polar surface area (TPSA) is 73.2 Å². The molecule has 2 saturated carbocycles. The molecule has 1 aromatic carbocycles. The Labute approximate surface area is 243 Å². The molecule has 2 fully saturated rings. The molecular weight excluding hydrogens is 563 g/mol. The first kappa shape index (κ1) is 25.9. The summed E-state index contributed by atoms with van der Waals surface area (Å²) in [5.74, 6) is 0.874. The summed E-state index contributed by atoms with van der Waals surface area (Å²) >= 11 is 1.56. The fraction of sp³-hybridized carbons (Fsp3) is 0.400. The van der Waals surface area contributed by atoms with Crippen LogP contribution in [0.3, 0.4) is 0 Å². The highest BCUT2D eigenvalue weighted by Crippen LogP contribution is 2.70. The molecule has 0 atom stereocenters. The molecule has 8 nitrogen and oxygen atoms in total. The number of pyridine rings is 1. The standard InChI is InChI=1S/C30H28F3N7OS/c1-37-17-35-36-26(37)29(15-28(16-29)6-7-28)20-3-2-4-21(10-20)39-13-24-22(30(31,32)33)9-19(12-40(24)27(39)41)11-38-8-5-23-25(14-38)42-18-34-23/h2-4,9-10,12-13,17-18H,5-8,11,14-16H2,1H3. The van der Waals surface area contributed by atoms with E-state index in [2.05, 4.69) is 20.1 Å². The zero-order valence-electron chi connectivity index (χ0n) is 22.9. The van der Waals surface area contributed by atoms with E-state index in [4.69, 9.17) is 0 Å². The molecule has 0 N–H and O–H groups in total. The van der Waals surface area contributed by atoms with Crippen LogP contribution in [0.25, 0.3) is 11.2 Å². The van der Waals surface area contributed by atoms with Gasteiger partial charge in [-0.3, -0.25) is 13.9 Å². The van der Waals surface area contributed by atoms with Gasteiger partial charge in [0.2, 0.25) is 0 Å². The second-order valence-corrected chi connectivity index (χ2v) is 13.2. The van der Waals surface area contributed by atoms with E-state index in [0.717, 1.165) is 45.6 Å². The number of thiazole rings is 1. The van der Waals surface area contributed by atoms with Gasteiger partial charge >= 0.3 is 11.9 Å². The molecule has 8 rings (SSSR count). The molecule has 12 heteroatoms. The first-order valence-electron chi connectivity index (χ1n) is 14.1. The summed E-state index contributed by atoms with van der Waals surface area (Å²) in [7, 11) is 1.93. The summed E-state index contributed by atoms with van der Waals surface area (Å²) < 4.78 is 47.5. The van der Waals surface area contributed by atoms with E-state index in [1.807, 2.05) is 35.3 Å². The van der Waals surface area contributed by atoms with E-state index < -0.39 is 17.4 Å². The van der Waals surface area contributed by atoms with Crippen LogP contribution < -0.4 is 5.69 Å². The Bertz CT molecular complexity index is 1900. The quantitative estimate of drug-likeness (QED) is 0.284. The molecule has 1 spiro atoms. The van der Waals surface area contributed by atoms with Crippen molar-refractivity contribution >= 4 is 16.9 Å². The number of fused-ring (bicyclic) bond motifs is 2. The van der Waals surface area contributed by atoms with Crippen molar-refractivity contribution < 1.29 is 13.2 Å². The predicted molar refractivity (Wildman–Crippen MR) is 151 cm³/mol. The van der Waals surface area contributed by atoms with Crippen LogP contribution >= 0.6 is 11.3 Å². The van der Waals surface area contributed by atoms with Gasteiger partial charge in [-0.15, -0.1) is 21.5 Å². The van der Waals surface area contributed by atoms with Crippen LogP contribution in [0.4, 0.5) is 13.2 Å². The summed E-state index contributed by atoms with van der Waals surface area (Å²) in [6.45, 7) is 1.65. The van der Waals surface area contributed by atoms with E-state index in [-0.39, 0.29) is 10.9 Å². The number of hydrogen-bond donors (Lipinski definition) is 0. The van der Waals surface area contributed by atoms with E-state index in [1.54, 1.807) is 29.9 Å². The van der Waals surface area contributed by atoms with Gasteiger partial charge in [0.05, 0.1) is 33.4 Å². The fourth-order valence-electron chi connectivity index (χ4n) is 7.23. The van der Waals surface area contributed by atoms with E-state index in [0.29, 0.717) is 36.3 Å². The molecule has 4 aromatic heterocycles. The number of hydrogen-bond acceptors (Lipinski definition) is 6. The Hall–Kier alpha value is -3.77. The number of imidazole rings is 1. The van der Waals surface area contributed by atoms with Crippen molar-refractivity contribution in [2.24, 2.45) is 12.5 Å². The van der Waals surface area contributed by atoms with Gasteiger partial charge in [-0.2, -0.15) is 13.2 Å². The van der Waals surface area contributed by atoms with Gasteiger partial charge in [0.1, 0.15) is 12.2 Å². The molecule has 0 bridgehead atoms. The number of rotatable bonds is 5. The molecule has 42 heavy (non-hydrogen) atoms. The Kier molecular flexibility index (Phi) is 5.47. The maximum Gasteiger partial charge on any atom is 0.418 e. The van der Waals surface area contributed by atoms with Gasteiger partial charge in [-0.25, -0.2) is 9.78 Å². The van der Waals surface area contributed by atoms with Crippen molar-refractivity contribution in [3.8, 4) is 5.69 Å². The third-order valence-electron chi connectivity index (χ3n) is 9.42. The predicted octanol–water partition coefficient (Wildman–Crippen LogP) is 5.11. The number of benzene rings is 1. The SMILES string of the molecule is Cn1cnnc1C1(c2cccc(-n3cc4c(C(F)(F)F)cc(CN5CCc6ncsc6C5)cn4c3=O)c2)CC2(CC2)C1. The largest absolute Gasteiger partial charge is 0.418 e. The first-order valence-corrected chi connectivity index (χ1v) is 15.0. The Balaban J connectivity index is 1.20. The van der Waals surface area contributed by atoms with Crippen LogP contribution in [0.5, 0.6) is 0 Å². The molecule has 1 aliphatic heterocycles. The van der Waals surface area contributed by atoms with Crippen LogP contribution in [0.2, 0.25) is 0 Å². The highest BCUT2D eigenvalue weighted by Gasteiger charge is 2.63. The Morgan fingerprint density at radius 3 is 2.69 bits per heavy atom. The minimum atomic E-state index is -4.62. The number of aryl methyl sites for hydroxylation is 1. The lowest BCUT2D eigenvalue weighted by atomic mass is 9.56. The lowest BCUT2D eigenvalue weighted by molar-refractivity contribution is -0.136. The molecule has 3 aliphatic rings. The van der Waals surface area contributed by atoms with E-state index in [9.17, 15) is 18.0 Å².